The van der Waals surface area contributed by atoms with Crippen LogP contribution in [0, 0.1) is 5.92 Å². The number of pyridine rings is 1. The Morgan fingerprint density at radius 3 is 3.00 bits per heavy atom. The lowest BCUT2D eigenvalue weighted by atomic mass is 10.0. The molecule has 1 aromatic rings. The molecule has 2 atom stereocenters. The number of nitrogens with one attached hydrogen (secondary N) is 2. The van der Waals surface area contributed by atoms with Crippen LogP contribution in [-0.4, -0.2) is 39.2 Å². The summed E-state index contributed by atoms with van der Waals surface area (Å²) in [5, 5.41) is 3.07. The third kappa shape index (κ3) is 3.47. The van der Waals surface area contributed by atoms with Gasteiger partial charge in [0.1, 0.15) is 0 Å². The molecule has 2 N–H and O–H groups in total. The summed E-state index contributed by atoms with van der Waals surface area (Å²) < 4.78 is 32.9. The van der Waals surface area contributed by atoms with Gasteiger partial charge in [-0.3, -0.25) is 0 Å². The van der Waals surface area contributed by atoms with Crippen LogP contribution in [0.4, 0.5) is 5.69 Å². The van der Waals surface area contributed by atoms with E-state index in [0.29, 0.717) is 25.4 Å². The summed E-state index contributed by atoms with van der Waals surface area (Å²) in [6.45, 7) is 5.72. The van der Waals surface area contributed by atoms with E-state index in [2.05, 4.69) is 15.0 Å². The molecule has 1 aliphatic rings. The van der Waals surface area contributed by atoms with Crippen molar-refractivity contribution in [2.75, 3.05) is 25.1 Å². The third-order valence-electron chi connectivity index (χ3n) is 3.41. The van der Waals surface area contributed by atoms with Crippen LogP contribution in [0.5, 0.6) is 0 Å². The molecule has 0 bridgehead atoms. The van der Waals surface area contributed by atoms with Crippen molar-refractivity contribution in [3.63, 3.8) is 0 Å². The van der Waals surface area contributed by atoms with E-state index in [1.165, 1.54) is 6.20 Å². The van der Waals surface area contributed by atoms with Crippen LogP contribution in [0.3, 0.4) is 0 Å². The minimum atomic E-state index is -3.63. The molecule has 0 aliphatic carbocycles. The van der Waals surface area contributed by atoms with Crippen LogP contribution >= 0.6 is 0 Å². The summed E-state index contributed by atoms with van der Waals surface area (Å²) in [7, 11) is -3.63. The zero-order valence-corrected chi connectivity index (χ0v) is 12.6. The van der Waals surface area contributed by atoms with Crippen LogP contribution in [-0.2, 0) is 14.8 Å². The Morgan fingerprint density at radius 2 is 2.35 bits per heavy atom. The van der Waals surface area contributed by atoms with Gasteiger partial charge in [-0.1, -0.05) is 0 Å². The van der Waals surface area contributed by atoms with Gasteiger partial charge in [0.05, 0.1) is 12.3 Å². The van der Waals surface area contributed by atoms with Crippen molar-refractivity contribution in [1.82, 2.24) is 9.71 Å². The summed E-state index contributed by atoms with van der Waals surface area (Å²) in [6, 6.07) is 3.26. The quantitative estimate of drug-likeness (QED) is 0.825. The molecule has 0 saturated carbocycles. The second kappa shape index (κ2) is 6.51. The van der Waals surface area contributed by atoms with Gasteiger partial charge in [-0.25, -0.2) is 18.1 Å². The Bertz CT molecular complexity index is 542. The van der Waals surface area contributed by atoms with Gasteiger partial charge < -0.3 is 10.1 Å². The van der Waals surface area contributed by atoms with Gasteiger partial charge in [0.2, 0.25) is 0 Å². The first-order valence-corrected chi connectivity index (χ1v) is 8.32. The molecule has 6 nitrogen and oxygen atoms in total. The monoisotopic (exact) mass is 299 g/mol. The molecule has 2 heterocycles. The first-order valence-electron chi connectivity index (χ1n) is 6.83. The normalized spacial score (nSPS) is 20.8. The Balaban J connectivity index is 2.17. The average Bonchev–Trinajstić information content (AvgIpc) is 2.93. The van der Waals surface area contributed by atoms with Crippen molar-refractivity contribution in [3.05, 3.63) is 18.3 Å². The van der Waals surface area contributed by atoms with E-state index < -0.39 is 10.0 Å². The predicted octanol–water partition coefficient (Wildman–Crippen LogP) is 1.22. The van der Waals surface area contributed by atoms with Crippen LogP contribution in [0.1, 0.15) is 20.3 Å². The van der Waals surface area contributed by atoms with E-state index in [0.717, 1.165) is 6.42 Å². The van der Waals surface area contributed by atoms with Crippen molar-refractivity contribution >= 4 is 15.7 Å². The molecule has 1 aromatic heterocycles. The smallest absolute Gasteiger partial charge is 0.260 e. The average molecular weight is 299 g/mol. The summed E-state index contributed by atoms with van der Waals surface area (Å²) in [4.78, 5) is 4.00. The second-order valence-electron chi connectivity index (χ2n) is 4.92. The largest absolute Gasteiger partial charge is 0.383 e. The lowest BCUT2D eigenvalue weighted by Gasteiger charge is -2.19. The molecular formula is C13H21N3O3S. The fourth-order valence-corrected chi connectivity index (χ4v) is 3.70. The van der Waals surface area contributed by atoms with E-state index in [-0.39, 0.29) is 17.0 Å². The number of hydrogen-bond acceptors (Lipinski definition) is 5. The predicted molar refractivity (Wildman–Crippen MR) is 77.1 cm³/mol. The molecule has 2 rings (SSSR count). The molecule has 1 aliphatic heterocycles. The number of nitrogens with zero attached hydrogens (tertiary/aromatic N) is 1. The highest BCUT2D eigenvalue weighted by atomic mass is 32.2. The number of aromatic nitrogens is 1. The summed E-state index contributed by atoms with van der Waals surface area (Å²) in [6.07, 6.45) is 2.37. The fourth-order valence-electron chi connectivity index (χ4n) is 2.27. The second-order valence-corrected chi connectivity index (χ2v) is 6.55. The third-order valence-corrected chi connectivity index (χ3v) is 4.92. The van der Waals surface area contributed by atoms with Gasteiger partial charge in [0, 0.05) is 31.3 Å². The van der Waals surface area contributed by atoms with E-state index in [1.54, 1.807) is 12.1 Å². The SMILES string of the molecule is CCNc1cccnc1S(=O)(=O)NC(C)C1CCOC1. The first kappa shape index (κ1) is 15.2. The number of rotatable bonds is 6. The van der Waals surface area contributed by atoms with Crippen molar-refractivity contribution < 1.29 is 13.2 Å². The molecule has 1 saturated heterocycles. The molecule has 0 spiro atoms. The molecule has 112 valence electrons. The topological polar surface area (TPSA) is 80.3 Å². The number of sulfonamides is 1. The Morgan fingerprint density at radius 1 is 1.55 bits per heavy atom. The van der Waals surface area contributed by atoms with Crippen molar-refractivity contribution in [3.8, 4) is 0 Å². The lowest BCUT2D eigenvalue weighted by Crippen LogP contribution is -2.38. The van der Waals surface area contributed by atoms with E-state index in [1.807, 2.05) is 13.8 Å². The first-order chi connectivity index (χ1) is 9.54. The zero-order valence-electron chi connectivity index (χ0n) is 11.8. The summed E-state index contributed by atoms with van der Waals surface area (Å²) in [5.41, 5.74) is 0.525. The molecular weight excluding hydrogens is 278 g/mol. The molecule has 2 unspecified atom stereocenters. The van der Waals surface area contributed by atoms with E-state index in [4.69, 9.17) is 4.74 Å². The van der Waals surface area contributed by atoms with Gasteiger partial charge in [-0.15, -0.1) is 0 Å². The highest BCUT2D eigenvalue weighted by molar-refractivity contribution is 7.89. The maximum Gasteiger partial charge on any atom is 0.260 e. The van der Waals surface area contributed by atoms with Crippen molar-refractivity contribution in [2.45, 2.75) is 31.3 Å². The molecule has 7 heteroatoms. The molecule has 1 fully saturated rings. The molecule has 20 heavy (non-hydrogen) atoms. The van der Waals surface area contributed by atoms with Gasteiger partial charge in [0.25, 0.3) is 10.0 Å². The molecule has 0 amide bonds. The number of hydrogen-bond donors (Lipinski definition) is 2. The Hall–Kier alpha value is -1.18. The van der Waals surface area contributed by atoms with Crippen molar-refractivity contribution in [2.24, 2.45) is 5.92 Å². The van der Waals surface area contributed by atoms with Crippen LogP contribution in [0.2, 0.25) is 0 Å². The Kier molecular flexibility index (Phi) is 4.95. The van der Waals surface area contributed by atoms with Crippen LogP contribution in [0.15, 0.2) is 23.4 Å². The van der Waals surface area contributed by atoms with Crippen LogP contribution < -0.4 is 10.0 Å². The lowest BCUT2D eigenvalue weighted by molar-refractivity contribution is 0.180. The summed E-state index contributed by atoms with van der Waals surface area (Å²) in [5.74, 6) is 0.219. The zero-order chi connectivity index (χ0) is 14.6. The van der Waals surface area contributed by atoms with E-state index in [9.17, 15) is 8.42 Å². The minimum absolute atomic E-state index is 0.0487. The van der Waals surface area contributed by atoms with Gasteiger partial charge in [-0.05, 0) is 32.4 Å². The maximum atomic E-state index is 12.4. The van der Waals surface area contributed by atoms with Crippen molar-refractivity contribution in [1.29, 1.82) is 0 Å². The Labute approximate surface area is 120 Å². The molecule has 0 radical (unpaired) electrons. The van der Waals surface area contributed by atoms with E-state index >= 15 is 0 Å². The molecule has 0 aromatic carbocycles. The highest BCUT2D eigenvalue weighted by Gasteiger charge is 2.28. The van der Waals surface area contributed by atoms with Gasteiger partial charge in [0.15, 0.2) is 5.03 Å². The van der Waals surface area contributed by atoms with Gasteiger partial charge in [-0.2, -0.15) is 0 Å². The summed E-state index contributed by atoms with van der Waals surface area (Å²) >= 11 is 0. The van der Waals surface area contributed by atoms with Gasteiger partial charge >= 0.3 is 0 Å². The number of anilines is 1. The standard InChI is InChI=1S/C13H21N3O3S/c1-3-14-12-5-4-7-15-13(12)20(17,18)16-10(2)11-6-8-19-9-11/h4-5,7,10-11,14,16H,3,6,8-9H2,1-2H3. The minimum Gasteiger partial charge on any atom is -0.383 e. The highest BCUT2D eigenvalue weighted by Crippen LogP contribution is 2.21. The van der Waals surface area contributed by atoms with Crippen LogP contribution in [0.25, 0.3) is 0 Å². The maximum absolute atomic E-state index is 12.4. The fraction of sp³-hybridized carbons (Fsp3) is 0.615. The number of ether oxygens (including phenoxy) is 1.